The van der Waals surface area contributed by atoms with Gasteiger partial charge in [0.05, 0.1) is 17.0 Å². The summed E-state index contributed by atoms with van der Waals surface area (Å²) in [4.78, 5) is 28.7. The number of nitrogens with zero attached hydrogens (tertiary/aromatic N) is 1. The van der Waals surface area contributed by atoms with Crippen LogP contribution < -0.4 is 10.3 Å². The first-order valence-corrected chi connectivity index (χ1v) is 10.1. The van der Waals surface area contributed by atoms with Crippen molar-refractivity contribution in [2.24, 2.45) is 0 Å². The summed E-state index contributed by atoms with van der Waals surface area (Å²) in [5.74, 6) is -0.252. The Labute approximate surface area is 179 Å². The zero-order valence-electron chi connectivity index (χ0n) is 17.5. The van der Waals surface area contributed by atoms with E-state index < -0.39 is 6.04 Å². The molecule has 0 saturated heterocycles. The molecule has 1 unspecified atom stereocenters. The summed E-state index contributed by atoms with van der Waals surface area (Å²) < 4.78 is 6.04. The SMILES string of the molecule is Cc1ccc(N2C(=O)c3oc4cc(C)c(C)cc4c(=O)c3C2c2cccc(O)c2)cc1. The summed E-state index contributed by atoms with van der Waals surface area (Å²) in [7, 11) is 0. The lowest BCUT2D eigenvalue weighted by Crippen LogP contribution is -2.29. The number of aryl methyl sites for hydroxylation is 3. The van der Waals surface area contributed by atoms with Crippen LogP contribution in [-0.4, -0.2) is 11.0 Å². The van der Waals surface area contributed by atoms with Crippen LogP contribution in [0.5, 0.6) is 5.75 Å². The molecule has 1 aromatic heterocycles. The van der Waals surface area contributed by atoms with E-state index in [1.807, 2.05) is 51.1 Å². The molecule has 0 radical (unpaired) electrons. The number of hydrogen-bond acceptors (Lipinski definition) is 4. The van der Waals surface area contributed by atoms with E-state index in [2.05, 4.69) is 0 Å². The molecule has 1 amide bonds. The Morgan fingerprint density at radius 1 is 0.903 bits per heavy atom. The fraction of sp³-hybridized carbons (Fsp3) is 0.154. The van der Waals surface area contributed by atoms with Crippen molar-refractivity contribution in [1.29, 1.82) is 0 Å². The highest BCUT2D eigenvalue weighted by Gasteiger charge is 2.43. The van der Waals surface area contributed by atoms with Crippen LogP contribution in [-0.2, 0) is 0 Å². The topological polar surface area (TPSA) is 70.8 Å². The third kappa shape index (κ3) is 2.93. The molecule has 0 fully saturated rings. The zero-order valence-corrected chi connectivity index (χ0v) is 17.5. The van der Waals surface area contributed by atoms with Gasteiger partial charge in [0.1, 0.15) is 11.3 Å². The first-order chi connectivity index (χ1) is 14.8. The molecule has 1 aliphatic rings. The highest BCUT2D eigenvalue weighted by atomic mass is 16.3. The van der Waals surface area contributed by atoms with Crippen molar-refractivity contribution >= 4 is 22.6 Å². The van der Waals surface area contributed by atoms with Crippen LogP contribution >= 0.6 is 0 Å². The Morgan fingerprint density at radius 3 is 2.32 bits per heavy atom. The van der Waals surface area contributed by atoms with Crippen LogP contribution in [0.1, 0.15) is 44.4 Å². The molecular weight excluding hydrogens is 390 g/mol. The van der Waals surface area contributed by atoms with Crippen LogP contribution in [0.25, 0.3) is 11.0 Å². The standard InChI is InChI=1S/C26H21NO4/c1-14-7-9-18(10-8-14)27-23(17-5-4-6-19(28)13-17)22-24(29)20-11-15(2)16(3)12-21(20)31-25(22)26(27)30/h4-13,23,28H,1-3H3. The highest BCUT2D eigenvalue weighted by Crippen LogP contribution is 2.42. The lowest BCUT2D eigenvalue weighted by molar-refractivity contribution is 0.0971. The van der Waals surface area contributed by atoms with E-state index in [9.17, 15) is 14.7 Å². The van der Waals surface area contributed by atoms with Gasteiger partial charge in [-0.25, -0.2) is 0 Å². The molecular formula is C26H21NO4. The predicted octanol–water partition coefficient (Wildman–Crippen LogP) is 5.17. The number of anilines is 1. The molecule has 3 aromatic carbocycles. The first-order valence-electron chi connectivity index (χ1n) is 10.1. The molecule has 31 heavy (non-hydrogen) atoms. The Balaban J connectivity index is 1.83. The molecule has 1 aliphatic heterocycles. The summed E-state index contributed by atoms with van der Waals surface area (Å²) in [6.45, 7) is 5.86. The average molecular weight is 411 g/mol. The van der Waals surface area contributed by atoms with E-state index in [-0.39, 0.29) is 22.8 Å². The van der Waals surface area contributed by atoms with Gasteiger partial charge in [-0.15, -0.1) is 0 Å². The van der Waals surface area contributed by atoms with Gasteiger partial charge in [-0.3, -0.25) is 14.5 Å². The van der Waals surface area contributed by atoms with Crippen LogP contribution in [0.4, 0.5) is 5.69 Å². The van der Waals surface area contributed by atoms with Crippen molar-refractivity contribution in [3.8, 4) is 5.75 Å². The number of carbonyl (C=O) groups excluding carboxylic acids is 1. The smallest absolute Gasteiger partial charge is 0.295 e. The number of phenolic OH excluding ortho intramolecular Hbond substituents is 1. The molecule has 1 atom stereocenters. The van der Waals surface area contributed by atoms with Gasteiger partial charge in [-0.05, 0) is 73.9 Å². The number of aromatic hydroxyl groups is 1. The minimum atomic E-state index is -0.695. The zero-order chi connectivity index (χ0) is 21.9. The van der Waals surface area contributed by atoms with Gasteiger partial charge in [-0.2, -0.15) is 0 Å². The molecule has 0 aliphatic carbocycles. The fourth-order valence-corrected chi connectivity index (χ4v) is 4.21. The van der Waals surface area contributed by atoms with Crippen LogP contribution in [0.15, 0.2) is 69.9 Å². The summed E-state index contributed by atoms with van der Waals surface area (Å²) in [6, 6.07) is 17.1. The van der Waals surface area contributed by atoms with Crippen molar-refractivity contribution in [3.05, 3.63) is 104 Å². The first kappa shape index (κ1) is 19.1. The van der Waals surface area contributed by atoms with E-state index in [1.165, 1.54) is 0 Å². The minimum Gasteiger partial charge on any atom is -0.508 e. The highest BCUT2D eigenvalue weighted by molar-refractivity contribution is 6.10. The van der Waals surface area contributed by atoms with E-state index in [0.717, 1.165) is 16.7 Å². The molecule has 0 spiro atoms. The van der Waals surface area contributed by atoms with Gasteiger partial charge in [-0.1, -0.05) is 29.8 Å². The Hall–Kier alpha value is -3.86. The number of amides is 1. The lowest BCUT2D eigenvalue weighted by Gasteiger charge is -2.25. The van der Waals surface area contributed by atoms with Gasteiger partial charge in [0.15, 0.2) is 5.43 Å². The Morgan fingerprint density at radius 2 is 1.61 bits per heavy atom. The predicted molar refractivity (Wildman–Crippen MR) is 120 cm³/mol. The molecule has 5 heteroatoms. The van der Waals surface area contributed by atoms with E-state index in [0.29, 0.717) is 27.8 Å². The summed E-state index contributed by atoms with van der Waals surface area (Å²) >= 11 is 0. The largest absolute Gasteiger partial charge is 0.508 e. The fourth-order valence-electron chi connectivity index (χ4n) is 4.21. The van der Waals surface area contributed by atoms with E-state index in [1.54, 1.807) is 35.2 Å². The van der Waals surface area contributed by atoms with Gasteiger partial charge in [0, 0.05) is 5.69 Å². The van der Waals surface area contributed by atoms with Crippen molar-refractivity contribution in [3.63, 3.8) is 0 Å². The third-order valence-corrected chi connectivity index (χ3v) is 5.98. The molecule has 0 saturated carbocycles. The maximum atomic E-state index is 13.6. The quantitative estimate of drug-likeness (QED) is 0.494. The van der Waals surface area contributed by atoms with E-state index >= 15 is 0 Å². The molecule has 4 aromatic rings. The number of carbonyl (C=O) groups is 1. The maximum absolute atomic E-state index is 13.6. The second-order valence-corrected chi connectivity index (χ2v) is 8.11. The number of fused-ring (bicyclic) bond motifs is 2. The molecule has 5 rings (SSSR count). The van der Waals surface area contributed by atoms with Crippen molar-refractivity contribution < 1.29 is 14.3 Å². The van der Waals surface area contributed by atoms with Crippen molar-refractivity contribution in [2.75, 3.05) is 4.90 Å². The number of phenols is 1. The number of rotatable bonds is 2. The lowest BCUT2D eigenvalue weighted by atomic mass is 9.97. The monoisotopic (exact) mass is 411 g/mol. The normalized spacial score (nSPS) is 15.5. The Kier molecular flexibility index (Phi) is 4.22. The van der Waals surface area contributed by atoms with Crippen molar-refractivity contribution in [2.45, 2.75) is 26.8 Å². The minimum absolute atomic E-state index is 0.0506. The summed E-state index contributed by atoms with van der Waals surface area (Å²) in [6.07, 6.45) is 0. The molecule has 1 N–H and O–H groups in total. The van der Waals surface area contributed by atoms with Gasteiger partial charge < -0.3 is 9.52 Å². The third-order valence-electron chi connectivity index (χ3n) is 5.98. The van der Waals surface area contributed by atoms with Gasteiger partial charge in [0.25, 0.3) is 5.91 Å². The van der Waals surface area contributed by atoms with Crippen molar-refractivity contribution in [1.82, 2.24) is 0 Å². The molecule has 154 valence electrons. The summed E-state index contributed by atoms with van der Waals surface area (Å²) in [5, 5.41) is 10.5. The molecule has 5 nitrogen and oxygen atoms in total. The van der Waals surface area contributed by atoms with Crippen LogP contribution in [0.3, 0.4) is 0 Å². The second-order valence-electron chi connectivity index (χ2n) is 8.11. The Bertz CT molecular complexity index is 1420. The second kappa shape index (κ2) is 6.84. The van der Waals surface area contributed by atoms with Gasteiger partial charge in [0.2, 0.25) is 5.76 Å². The summed E-state index contributed by atoms with van der Waals surface area (Å²) in [5.41, 5.74) is 4.81. The van der Waals surface area contributed by atoms with E-state index in [4.69, 9.17) is 4.42 Å². The average Bonchev–Trinajstić information content (AvgIpc) is 3.03. The van der Waals surface area contributed by atoms with Crippen LogP contribution in [0.2, 0.25) is 0 Å². The van der Waals surface area contributed by atoms with Gasteiger partial charge >= 0.3 is 0 Å². The number of hydrogen-bond donors (Lipinski definition) is 1. The van der Waals surface area contributed by atoms with Crippen LogP contribution in [0, 0.1) is 20.8 Å². The number of benzene rings is 3. The maximum Gasteiger partial charge on any atom is 0.295 e. The molecule has 0 bridgehead atoms. The molecule has 2 heterocycles.